The van der Waals surface area contributed by atoms with Crippen LogP contribution in [0.2, 0.25) is 10.2 Å². The van der Waals surface area contributed by atoms with Crippen molar-refractivity contribution in [3.05, 3.63) is 87.8 Å². The molecular formula is C26H24Cl2F2N4O2. The lowest BCUT2D eigenvalue weighted by molar-refractivity contribution is -0.0530. The molecule has 3 aromatic rings. The van der Waals surface area contributed by atoms with Crippen molar-refractivity contribution >= 4 is 40.9 Å². The van der Waals surface area contributed by atoms with Crippen molar-refractivity contribution < 1.29 is 18.3 Å². The Kier molecular flexibility index (Phi) is 8.85. The topological polar surface area (TPSA) is 67.3 Å². The molecule has 1 N–H and O–H groups in total. The Balaban J connectivity index is 1.43. The highest BCUT2D eigenvalue weighted by molar-refractivity contribution is 6.30. The van der Waals surface area contributed by atoms with Crippen LogP contribution in [0.3, 0.4) is 0 Å². The zero-order valence-electron chi connectivity index (χ0n) is 19.2. The van der Waals surface area contributed by atoms with E-state index in [4.69, 9.17) is 23.2 Å². The Morgan fingerprint density at radius 2 is 1.89 bits per heavy atom. The second-order valence-corrected chi connectivity index (χ2v) is 9.13. The van der Waals surface area contributed by atoms with Crippen LogP contribution in [0.25, 0.3) is 6.08 Å². The van der Waals surface area contributed by atoms with Crippen molar-refractivity contribution in [3.8, 4) is 5.88 Å². The number of rotatable bonds is 8. The molecule has 1 saturated heterocycles. The number of benzene rings is 1. The second kappa shape index (κ2) is 12.3. The molecule has 1 fully saturated rings. The number of piperidine rings is 1. The van der Waals surface area contributed by atoms with Crippen LogP contribution >= 0.6 is 23.2 Å². The van der Waals surface area contributed by atoms with Crippen molar-refractivity contribution in [2.24, 2.45) is 0 Å². The molecule has 1 amide bonds. The molecule has 0 aliphatic carbocycles. The van der Waals surface area contributed by atoms with Crippen LogP contribution in [0.5, 0.6) is 5.88 Å². The van der Waals surface area contributed by atoms with Gasteiger partial charge < -0.3 is 10.1 Å². The summed E-state index contributed by atoms with van der Waals surface area (Å²) in [7, 11) is 0. The molecule has 1 aliphatic rings. The van der Waals surface area contributed by atoms with Crippen molar-refractivity contribution in [1.82, 2.24) is 14.9 Å². The van der Waals surface area contributed by atoms with E-state index in [1.54, 1.807) is 12.1 Å². The minimum atomic E-state index is -2.99. The van der Waals surface area contributed by atoms with Gasteiger partial charge >= 0.3 is 6.61 Å². The average Bonchev–Trinajstić information content (AvgIpc) is 2.86. The van der Waals surface area contributed by atoms with E-state index in [-0.39, 0.29) is 17.0 Å². The molecule has 0 saturated carbocycles. The fourth-order valence-electron chi connectivity index (χ4n) is 4.07. The number of carbonyl (C=O) groups excluding carboxylic acids is 1. The van der Waals surface area contributed by atoms with Crippen LogP contribution in [-0.4, -0.2) is 47.0 Å². The van der Waals surface area contributed by atoms with E-state index < -0.39 is 12.5 Å². The molecule has 36 heavy (non-hydrogen) atoms. The Bertz CT molecular complexity index is 1220. The minimum Gasteiger partial charge on any atom is -0.417 e. The number of carbonyl (C=O) groups is 1. The van der Waals surface area contributed by atoms with Crippen molar-refractivity contribution in [1.29, 1.82) is 0 Å². The van der Waals surface area contributed by atoms with Gasteiger partial charge in [-0.25, -0.2) is 9.97 Å². The van der Waals surface area contributed by atoms with E-state index in [1.807, 2.05) is 30.3 Å². The molecule has 1 aliphatic heterocycles. The first-order chi connectivity index (χ1) is 17.4. The van der Waals surface area contributed by atoms with Gasteiger partial charge in [0, 0.05) is 35.3 Å². The van der Waals surface area contributed by atoms with Crippen LogP contribution < -0.4 is 10.1 Å². The smallest absolute Gasteiger partial charge is 0.388 e. The summed E-state index contributed by atoms with van der Waals surface area (Å²) in [5, 5.41) is 3.73. The standard InChI is InChI=1S/C26H24Cl2F2N4O2/c27-20-5-3-17(4-6-20)2-1-13-34-14-10-18(11-15-34)24-21(7-8-23(33-24)36-26(29)30)32-25(35)19-9-12-31-22(28)16-19/h1-9,12,16,18,26H,10-11,13-15H2,(H,32,35). The number of hydrogen-bond donors (Lipinski definition) is 1. The molecule has 1 aromatic carbocycles. The zero-order valence-corrected chi connectivity index (χ0v) is 20.7. The molecule has 0 atom stereocenters. The predicted octanol–water partition coefficient (Wildman–Crippen LogP) is 6.53. The summed E-state index contributed by atoms with van der Waals surface area (Å²) in [6.45, 7) is -0.613. The molecule has 0 radical (unpaired) electrons. The maximum absolute atomic E-state index is 12.8. The van der Waals surface area contributed by atoms with Gasteiger partial charge in [-0.1, -0.05) is 47.5 Å². The maximum atomic E-state index is 12.8. The molecule has 0 spiro atoms. The van der Waals surface area contributed by atoms with E-state index >= 15 is 0 Å². The van der Waals surface area contributed by atoms with E-state index in [2.05, 4.69) is 31.0 Å². The third-order valence-electron chi connectivity index (χ3n) is 5.86. The summed E-state index contributed by atoms with van der Waals surface area (Å²) in [4.78, 5) is 23.3. The Labute approximate surface area is 217 Å². The van der Waals surface area contributed by atoms with Gasteiger partial charge in [-0.3, -0.25) is 9.69 Å². The Morgan fingerprint density at radius 3 is 2.58 bits per heavy atom. The highest BCUT2D eigenvalue weighted by Crippen LogP contribution is 2.33. The number of ether oxygens (including phenoxy) is 1. The molecule has 0 unspecified atom stereocenters. The average molecular weight is 533 g/mol. The first-order valence-corrected chi connectivity index (χ1v) is 12.2. The Hall–Kier alpha value is -3.07. The van der Waals surface area contributed by atoms with E-state index in [9.17, 15) is 13.6 Å². The maximum Gasteiger partial charge on any atom is 0.388 e. The van der Waals surface area contributed by atoms with E-state index in [1.165, 1.54) is 18.3 Å². The molecule has 2 aromatic heterocycles. The SMILES string of the molecule is O=C(Nc1ccc(OC(F)F)nc1C1CCN(CC=Cc2ccc(Cl)cc2)CC1)c1ccnc(Cl)c1. The number of pyridine rings is 2. The van der Waals surface area contributed by atoms with Crippen molar-refractivity contribution in [2.75, 3.05) is 25.0 Å². The van der Waals surface area contributed by atoms with Gasteiger partial charge in [-0.2, -0.15) is 8.78 Å². The number of nitrogens with zero attached hydrogens (tertiary/aromatic N) is 3. The zero-order chi connectivity index (χ0) is 25.5. The number of amides is 1. The number of alkyl halides is 2. The van der Waals surface area contributed by atoms with Gasteiger partial charge in [0.05, 0.1) is 11.4 Å². The fourth-order valence-corrected chi connectivity index (χ4v) is 4.37. The minimum absolute atomic E-state index is 0.0287. The van der Waals surface area contributed by atoms with E-state index in [0.29, 0.717) is 22.0 Å². The lowest BCUT2D eigenvalue weighted by Crippen LogP contribution is -2.33. The van der Waals surface area contributed by atoms with Gasteiger partial charge in [-0.15, -0.1) is 0 Å². The van der Waals surface area contributed by atoms with Gasteiger partial charge in [-0.05, 0) is 61.8 Å². The van der Waals surface area contributed by atoms with Crippen LogP contribution in [0, 0.1) is 0 Å². The number of halogens is 4. The third-order valence-corrected chi connectivity index (χ3v) is 6.32. The number of likely N-dealkylation sites (tertiary alicyclic amines) is 1. The third kappa shape index (κ3) is 7.22. The summed E-state index contributed by atoms with van der Waals surface area (Å²) in [5.41, 5.74) is 2.38. The normalized spacial score (nSPS) is 14.9. The van der Waals surface area contributed by atoms with Crippen molar-refractivity contribution in [2.45, 2.75) is 25.4 Å². The lowest BCUT2D eigenvalue weighted by Gasteiger charge is -2.31. The fraction of sp³-hybridized carbons (Fsp3) is 0.269. The molecule has 0 bridgehead atoms. The van der Waals surface area contributed by atoms with Crippen LogP contribution in [0.15, 0.2) is 60.8 Å². The lowest BCUT2D eigenvalue weighted by atomic mass is 9.92. The highest BCUT2D eigenvalue weighted by atomic mass is 35.5. The molecule has 10 heteroatoms. The van der Waals surface area contributed by atoms with Gasteiger partial charge in [0.2, 0.25) is 5.88 Å². The van der Waals surface area contributed by atoms with Crippen molar-refractivity contribution in [3.63, 3.8) is 0 Å². The molecule has 4 rings (SSSR count). The molecular weight excluding hydrogens is 509 g/mol. The number of hydrogen-bond acceptors (Lipinski definition) is 5. The molecule has 6 nitrogen and oxygen atoms in total. The highest BCUT2D eigenvalue weighted by Gasteiger charge is 2.25. The summed E-state index contributed by atoms with van der Waals surface area (Å²) >= 11 is 11.8. The molecule has 188 valence electrons. The first-order valence-electron chi connectivity index (χ1n) is 11.4. The van der Waals surface area contributed by atoms with E-state index in [0.717, 1.165) is 38.0 Å². The van der Waals surface area contributed by atoms with Crippen LogP contribution in [-0.2, 0) is 0 Å². The second-order valence-electron chi connectivity index (χ2n) is 8.31. The quantitative estimate of drug-likeness (QED) is 0.334. The largest absolute Gasteiger partial charge is 0.417 e. The monoisotopic (exact) mass is 532 g/mol. The number of anilines is 1. The summed E-state index contributed by atoms with van der Waals surface area (Å²) in [6.07, 6.45) is 7.10. The number of aromatic nitrogens is 2. The summed E-state index contributed by atoms with van der Waals surface area (Å²) in [6, 6.07) is 13.5. The summed E-state index contributed by atoms with van der Waals surface area (Å²) < 4.78 is 30.1. The van der Waals surface area contributed by atoms with Gasteiger partial charge in [0.15, 0.2) is 0 Å². The van der Waals surface area contributed by atoms with Crippen LogP contribution in [0.1, 0.15) is 40.4 Å². The van der Waals surface area contributed by atoms with Gasteiger partial charge in [0.25, 0.3) is 5.91 Å². The first kappa shape index (κ1) is 26.0. The Morgan fingerprint density at radius 1 is 1.14 bits per heavy atom. The molecule has 3 heterocycles. The number of nitrogens with one attached hydrogen (secondary N) is 1. The predicted molar refractivity (Wildman–Crippen MR) is 137 cm³/mol. The van der Waals surface area contributed by atoms with Crippen LogP contribution in [0.4, 0.5) is 14.5 Å². The summed E-state index contributed by atoms with van der Waals surface area (Å²) in [5.74, 6) is -0.605. The van der Waals surface area contributed by atoms with Gasteiger partial charge in [0.1, 0.15) is 5.15 Å².